The molecule has 0 saturated heterocycles. The number of aliphatic hydroxyl groups is 1. The SMILES string of the molecule is CC(C)CC[C@@H](O)[C@@H](N)c1cccc(Cl)c1F.Cl. The lowest BCUT2D eigenvalue weighted by Gasteiger charge is -2.20. The van der Waals surface area contributed by atoms with Crippen LogP contribution in [0.25, 0.3) is 0 Å². The molecule has 0 bridgehead atoms. The predicted molar refractivity (Wildman–Crippen MR) is 75.7 cm³/mol. The van der Waals surface area contributed by atoms with E-state index in [-0.39, 0.29) is 23.0 Å². The third-order valence-corrected chi connectivity index (χ3v) is 3.09. The van der Waals surface area contributed by atoms with E-state index >= 15 is 0 Å². The first-order valence-electron chi connectivity index (χ1n) is 5.81. The summed E-state index contributed by atoms with van der Waals surface area (Å²) in [5, 5.41) is 9.94. The molecule has 0 amide bonds. The standard InChI is InChI=1S/C13H19ClFNO.ClH/c1-8(2)6-7-11(17)13(16)9-4-3-5-10(14)12(9)15;/h3-5,8,11,13,17H,6-7,16H2,1-2H3;1H/t11-,13+;/m1./s1. The fraction of sp³-hybridized carbons (Fsp3) is 0.538. The number of aliphatic hydroxyl groups excluding tert-OH is 1. The van der Waals surface area contributed by atoms with Crippen molar-refractivity contribution in [3.05, 3.63) is 34.6 Å². The van der Waals surface area contributed by atoms with Gasteiger partial charge in [0.1, 0.15) is 5.82 Å². The van der Waals surface area contributed by atoms with Gasteiger partial charge in [-0.2, -0.15) is 0 Å². The van der Waals surface area contributed by atoms with Crippen molar-refractivity contribution in [3.8, 4) is 0 Å². The molecule has 0 aliphatic heterocycles. The summed E-state index contributed by atoms with van der Waals surface area (Å²) in [7, 11) is 0. The lowest BCUT2D eigenvalue weighted by molar-refractivity contribution is 0.127. The first-order chi connectivity index (χ1) is 7.93. The van der Waals surface area contributed by atoms with Crippen LogP contribution in [0.1, 0.15) is 38.3 Å². The fourth-order valence-corrected chi connectivity index (χ4v) is 1.85. The predicted octanol–water partition coefficient (Wildman–Crippen LogP) is 3.70. The van der Waals surface area contributed by atoms with E-state index in [1.165, 1.54) is 6.07 Å². The van der Waals surface area contributed by atoms with Crippen LogP contribution in [0, 0.1) is 11.7 Å². The summed E-state index contributed by atoms with van der Waals surface area (Å²) in [5.41, 5.74) is 6.12. The lowest BCUT2D eigenvalue weighted by Crippen LogP contribution is -2.27. The second kappa shape index (κ2) is 7.95. The number of nitrogens with two attached hydrogens (primary N) is 1. The van der Waals surface area contributed by atoms with Gasteiger partial charge < -0.3 is 10.8 Å². The normalized spacial score (nSPS) is 14.2. The minimum Gasteiger partial charge on any atom is -0.391 e. The quantitative estimate of drug-likeness (QED) is 0.870. The number of halogens is 3. The molecule has 0 heterocycles. The Morgan fingerprint density at radius 1 is 1.33 bits per heavy atom. The summed E-state index contributed by atoms with van der Waals surface area (Å²) in [5.74, 6) is -0.0497. The van der Waals surface area contributed by atoms with Gasteiger partial charge >= 0.3 is 0 Å². The molecule has 18 heavy (non-hydrogen) atoms. The van der Waals surface area contributed by atoms with Crippen LogP contribution in [-0.4, -0.2) is 11.2 Å². The van der Waals surface area contributed by atoms with Crippen molar-refractivity contribution in [2.75, 3.05) is 0 Å². The van der Waals surface area contributed by atoms with Gasteiger partial charge in [-0.3, -0.25) is 0 Å². The van der Waals surface area contributed by atoms with Crippen LogP contribution in [-0.2, 0) is 0 Å². The minimum atomic E-state index is -0.745. The Kier molecular flexibility index (Phi) is 7.79. The van der Waals surface area contributed by atoms with Gasteiger partial charge in [-0.15, -0.1) is 12.4 Å². The third kappa shape index (κ3) is 4.73. The first-order valence-corrected chi connectivity index (χ1v) is 6.18. The number of hydrogen-bond acceptors (Lipinski definition) is 2. The van der Waals surface area contributed by atoms with E-state index in [4.69, 9.17) is 17.3 Å². The molecular weight excluding hydrogens is 276 g/mol. The Labute approximate surface area is 119 Å². The average molecular weight is 296 g/mol. The molecular formula is C13H20Cl2FNO. The number of benzene rings is 1. The highest BCUT2D eigenvalue weighted by Crippen LogP contribution is 2.25. The van der Waals surface area contributed by atoms with Gasteiger partial charge in [-0.25, -0.2) is 4.39 Å². The van der Waals surface area contributed by atoms with E-state index in [0.717, 1.165) is 6.42 Å². The molecule has 0 aromatic heterocycles. The van der Waals surface area contributed by atoms with Crippen molar-refractivity contribution in [3.63, 3.8) is 0 Å². The zero-order valence-corrected chi connectivity index (χ0v) is 12.1. The second-order valence-corrected chi connectivity index (χ2v) is 5.11. The van der Waals surface area contributed by atoms with E-state index in [1.54, 1.807) is 12.1 Å². The molecule has 0 radical (unpaired) electrons. The van der Waals surface area contributed by atoms with E-state index in [2.05, 4.69) is 13.8 Å². The zero-order valence-electron chi connectivity index (χ0n) is 10.6. The summed E-state index contributed by atoms with van der Waals surface area (Å²) < 4.78 is 13.7. The molecule has 1 aromatic rings. The van der Waals surface area contributed by atoms with Gasteiger partial charge in [0.25, 0.3) is 0 Å². The smallest absolute Gasteiger partial charge is 0.146 e. The molecule has 1 aromatic carbocycles. The summed E-state index contributed by atoms with van der Waals surface area (Å²) in [6.45, 7) is 4.14. The highest BCUT2D eigenvalue weighted by atomic mass is 35.5. The molecule has 0 fully saturated rings. The van der Waals surface area contributed by atoms with Gasteiger partial charge in [0, 0.05) is 5.56 Å². The third-order valence-electron chi connectivity index (χ3n) is 2.79. The Hall–Kier alpha value is -0.350. The molecule has 0 aliphatic rings. The summed E-state index contributed by atoms with van der Waals surface area (Å²) in [6, 6.07) is 3.93. The highest BCUT2D eigenvalue weighted by molar-refractivity contribution is 6.30. The van der Waals surface area contributed by atoms with E-state index in [1.807, 2.05) is 0 Å². The van der Waals surface area contributed by atoms with Gasteiger partial charge in [0.05, 0.1) is 17.2 Å². The molecule has 2 nitrogen and oxygen atoms in total. The molecule has 0 spiro atoms. The van der Waals surface area contributed by atoms with Gasteiger partial charge in [0.15, 0.2) is 0 Å². The molecule has 2 atom stereocenters. The van der Waals surface area contributed by atoms with Gasteiger partial charge in [0.2, 0.25) is 0 Å². The van der Waals surface area contributed by atoms with Gasteiger partial charge in [-0.1, -0.05) is 37.6 Å². The largest absolute Gasteiger partial charge is 0.391 e. The lowest BCUT2D eigenvalue weighted by atomic mass is 9.96. The average Bonchev–Trinajstić information content (AvgIpc) is 2.28. The summed E-state index contributed by atoms with van der Waals surface area (Å²) >= 11 is 5.68. The Balaban J connectivity index is 0.00000289. The maximum Gasteiger partial charge on any atom is 0.146 e. The van der Waals surface area contributed by atoms with E-state index in [0.29, 0.717) is 12.3 Å². The Bertz CT molecular complexity index is 374. The van der Waals surface area contributed by atoms with E-state index in [9.17, 15) is 9.50 Å². The van der Waals surface area contributed by atoms with Crippen LogP contribution in [0.4, 0.5) is 4.39 Å². The summed E-state index contributed by atoms with van der Waals surface area (Å²) in [6.07, 6.45) is 0.673. The topological polar surface area (TPSA) is 46.2 Å². The number of rotatable bonds is 5. The molecule has 5 heteroatoms. The first kappa shape index (κ1) is 17.6. The van der Waals surface area contributed by atoms with Crippen molar-refractivity contribution in [2.24, 2.45) is 11.7 Å². The van der Waals surface area contributed by atoms with Crippen molar-refractivity contribution in [2.45, 2.75) is 38.8 Å². The van der Waals surface area contributed by atoms with Crippen LogP contribution in [0.3, 0.4) is 0 Å². The van der Waals surface area contributed by atoms with Crippen molar-refractivity contribution < 1.29 is 9.50 Å². The molecule has 0 aliphatic carbocycles. The van der Waals surface area contributed by atoms with Gasteiger partial charge in [-0.05, 0) is 24.8 Å². The number of hydrogen-bond donors (Lipinski definition) is 2. The van der Waals surface area contributed by atoms with Crippen LogP contribution in [0.5, 0.6) is 0 Å². The molecule has 104 valence electrons. The Morgan fingerprint density at radius 2 is 1.94 bits per heavy atom. The zero-order chi connectivity index (χ0) is 13.0. The fourth-order valence-electron chi connectivity index (χ4n) is 1.67. The van der Waals surface area contributed by atoms with Crippen LogP contribution >= 0.6 is 24.0 Å². The maximum absolute atomic E-state index is 13.7. The van der Waals surface area contributed by atoms with Crippen LogP contribution < -0.4 is 5.73 Å². The Morgan fingerprint density at radius 3 is 2.50 bits per heavy atom. The molecule has 3 N–H and O–H groups in total. The monoisotopic (exact) mass is 295 g/mol. The summed E-state index contributed by atoms with van der Waals surface area (Å²) in [4.78, 5) is 0. The second-order valence-electron chi connectivity index (χ2n) is 4.71. The maximum atomic E-state index is 13.7. The molecule has 0 unspecified atom stereocenters. The van der Waals surface area contributed by atoms with E-state index < -0.39 is 18.0 Å². The van der Waals surface area contributed by atoms with Crippen LogP contribution in [0.15, 0.2) is 18.2 Å². The minimum absolute atomic E-state index is 0. The van der Waals surface area contributed by atoms with Crippen molar-refractivity contribution >= 4 is 24.0 Å². The van der Waals surface area contributed by atoms with Crippen molar-refractivity contribution in [1.82, 2.24) is 0 Å². The van der Waals surface area contributed by atoms with Crippen LogP contribution in [0.2, 0.25) is 5.02 Å². The van der Waals surface area contributed by atoms with Crippen molar-refractivity contribution in [1.29, 1.82) is 0 Å². The molecule has 1 rings (SSSR count). The molecule has 0 saturated carbocycles. The highest BCUT2D eigenvalue weighted by Gasteiger charge is 2.21.